The molecule has 106 valence electrons. The average molecular weight is 285 g/mol. The normalized spacial score (nSPS) is 11.4. The van der Waals surface area contributed by atoms with Crippen LogP contribution in [0.4, 0.5) is 34.9 Å². The van der Waals surface area contributed by atoms with E-state index in [0.29, 0.717) is 11.3 Å². The fraction of sp³-hybridized carbons (Fsp3) is 0.154. The van der Waals surface area contributed by atoms with Gasteiger partial charge in [-0.3, -0.25) is 0 Å². The van der Waals surface area contributed by atoms with Crippen LogP contribution >= 0.6 is 0 Å². The maximum atomic E-state index is 13.1. The largest absolute Gasteiger partial charge is 0.416 e. The van der Waals surface area contributed by atoms with E-state index in [1.54, 1.807) is 6.92 Å². The lowest BCUT2D eigenvalue weighted by Crippen LogP contribution is -2.08. The number of nitrogen functional groups attached to an aromatic ring is 1. The summed E-state index contributed by atoms with van der Waals surface area (Å²) in [5.41, 5.74) is 5.44. The number of pyridine rings is 1. The summed E-state index contributed by atoms with van der Waals surface area (Å²) < 4.78 is 51.1. The van der Waals surface area contributed by atoms with Gasteiger partial charge in [0, 0.05) is 5.69 Å². The van der Waals surface area contributed by atoms with Gasteiger partial charge in [-0.1, -0.05) is 6.07 Å². The first-order valence-corrected chi connectivity index (χ1v) is 5.63. The molecule has 0 aliphatic carbocycles. The molecule has 0 saturated heterocycles. The SMILES string of the molecule is Cc1ccc(F)cc1Nc1cc(C(F)(F)F)cc(N)n1. The number of anilines is 3. The van der Waals surface area contributed by atoms with Gasteiger partial charge in [-0.05, 0) is 36.8 Å². The maximum absolute atomic E-state index is 13.1. The lowest BCUT2D eigenvalue weighted by atomic mass is 10.2. The van der Waals surface area contributed by atoms with Crippen molar-refractivity contribution in [1.82, 2.24) is 4.98 Å². The first-order chi connectivity index (χ1) is 9.25. The summed E-state index contributed by atoms with van der Waals surface area (Å²) in [5, 5.41) is 2.64. The molecule has 0 spiro atoms. The highest BCUT2D eigenvalue weighted by Gasteiger charge is 2.31. The zero-order valence-electron chi connectivity index (χ0n) is 10.4. The fourth-order valence-corrected chi connectivity index (χ4v) is 1.65. The van der Waals surface area contributed by atoms with E-state index < -0.39 is 17.6 Å². The minimum atomic E-state index is -4.52. The first-order valence-electron chi connectivity index (χ1n) is 5.63. The minimum Gasteiger partial charge on any atom is -0.384 e. The molecule has 7 heteroatoms. The van der Waals surface area contributed by atoms with E-state index in [-0.39, 0.29) is 11.6 Å². The average Bonchev–Trinajstić information content (AvgIpc) is 2.32. The quantitative estimate of drug-likeness (QED) is 0.823. The molecule has 0 atom stereocenters. The predicted octanol–water partition coefficient (Wildman–Crippen LogP) is 3.87. The van der Waals surface area contributed by atoms with Gasteiger partial charge in [0.2, 0.25) is 0 Å². The van der Waals surface area contributed by atoms with Crippen molar-refractivity contribution in [3.63, 3.8) is 0 Å². The zero-order valence-corrected chi connectivity index (χ0v) is 10.4. The van der Waals surface area contributed by atoms with Gasteiger partial charge in [0.05, 0.1) is 5.56 Å². The van der Waals surface area contributed by atoms with Crippen LogP contribution in [0.15, 0.2) is 30.3 Å². The highest BCUT2D eigenvalue weighted by Crippen LogP contribution is 2.32. The van der Waals surface area contributed by atoms with Crippen LogP contribution in [0.25, 0.3) is 0 Å². The third-order valence-electron chi connectivity index (χ3n) is 2.63. The highest BCUT2D eigenvalue weighted by atomic mass is 19.4. The number of aromatic nitrogens is 1. The van der Waals surface area contributed by atoms with Crippen molar-refractivity contribution in [3.8, 4) is 0 Å². The number of halogens is 4. The van der Waals surface area contributed by atoms with E-state index in [1.165, 1.54) is 18.2 Å². The van der Waals surface area contributed by atoms with Crippen molar-refractivity contribution in [2.24, 2.45) is 0 Å². The molecular weight excluding hydrogens is 274 g/mol. The molecule has 0 saturated carbocycles. The number of benzene rings is 1. The topological polar surface area (TPSA) is 50.9 Å². The molecule has 0 amide bonds. The van der Waals surface area contributed by atoms with E-state index in [2.05, 4.69) is 10.3 Å². The van der Waals surface area contributed by atoms with Crippen molar-refractivity contribution >= 4 is 17.3 Å². The fourth-order valence-electron chi connectivity index (χ4n) is 1.65. The summed E-state index contributed by atoms with van der Waals surface area (Å²) in [4.78, 5) is 3.76. The van der Waals surface area contributed by atoms with Crippen LogP contribution in [0.2, 0.25) is 0 Å². The summed E-state index contributed by atoms with van der Waals surface area (Å²) in [6.07, 6.45) is -4.52. The van der Waals surface area contributed by atoms with Crippen LogP contribution in [0.3, 0.4) is 0 Å². The van der Waals surface area contributed by atoms with Crippen LogP contribution in [-0.2, 0) is 6.18 Å². The molecule has 0 fully saturated rings. The molecule has 0 bridgehead atoms. The maximum Gasteiger partial charge on any atom is 0.416 e. The Kier molecular flexibility index (Phi) is 3.52. The number of alkyl halides is 3. The molecule has 0 radical (unpaired) electrons. The molecule has 3 N–H and O–H groups in total. The van der Waals surface area contributed by atoms with Crippen LogP contribution < -0.4 is 11.1 Å². The number of hydrogen-bond acceptors (Lipinski definition) is 3. The summed E-state index contributed by atoms with van der Waals surface area (Å²) in [5.74, 6) is -0.861. The van der Waals surface area contributed by atoms with Crippen molar-refractivity contribution < 1.29 is 17.6 Å². The number of nitrogens with one attached hydrogen (secondary N) is 1. The van der Waals surface area contributed by atoms with E-state index >= 15 is 0 Å². The molecule has 1 aromatic carbocycles. The third kappa shape index (κ3) is 3.17. The van der Waals surface area contributed by atoms with Crippen molar-refractivity contribution in [2.75, 3.05) is 11.1 Å². The third-order valence-corrected chi connectivity index (χ3v) is 2.63. The Balaban J connectivity index is 2.39. The second-order valence-electron chi connectivity index (χ2n) is 4.25. The Hall–Kier alpha value is -2.31. The Morgan fingerprint density at radius 2 is 1.85 bits per heavy atom. The van der Waals surface area contributed by atoms with Gasteiger partial charge >= 0.3 is 6.18 Å². The van der Waals surface area contributed by atoms with Crippen LogP contribution in [0, 0.1) is 12.7 Å². The number of nitrogens with two attached hydrogens (primary N) is 1. The van der Waals surface area contributed by atoms with Gasteiger partial charge in [0.1, 0.15) is 17.5 Å². The van der Waals surface area contributed by atoms with Crippen molar-refractivity contribution in [2.45, 2.75) is 13.1 Å². The Morgan fingerprint density at radius 3 is 2.50 bits per heavy atom. The number of rotatable bonds is 2. The molecular formula is C13H11F4N3. The number of aryl methyl sites for hydroxylation is 1. The monoisotopic (exact) mass is 285 g/mol. The molecule has 2 aromatic rings. The standard InChI is InChI=1S/C13H11F4N3/c1-7-2-3-9(14)6-10(7)19-12-5-8(13(15,16)17)4-11(18)20-12/h2-6H,1H3,(H3,18,19,20). The molecule has 0 aliphatic rings. The van der Waals surface area contributed by atoms with E-state index in [9.17, 15) is 17.6 Å². The van der Waals surface area contributed by atoms with E-state index in [4.69, 9.17) is 5.73 Å². The Bertz CT molecular complexity index is 638. The minimum absolute atomic E-state index is 0.0916. The van der Waals surface area contributed by atoms with Gasteiger partial charge < -0.3 is 11.1 Å². The lowest BCUT2D eigenvalue weighted by molar-refractivity contribution is -0.137. The summed E-state index contributed by atoms with van der Waals surface area (Å²) in [6.45, 7) is 1.69. The Morgan fingerprint density at radius 1 is 1.15 bits per heavy atom. The van der Waals surface area contributed by atoms with Gasteiger partial charge in [0.15, 0.2) is 0 Å². The Labute approximate surface area is 112 Å². The predicted molar refractivity (Wildman–Crippen MR) is 68.1 cm³/mol. The molecule has 1 heterocycles. The molecule has 2 rings (SSSR count). The van der Waals surface area contributed by atoms with Gasteiger partial charge in [-0.25, -0.2) is 9.37 Å². The summed E-state index contributed by atoms with van der Waals surface area (Å²) in [6, 6.07) is 5.50. The molecule has 0 unspecified atom stereocenters. The van der Waals surface area contributed by atoms with E-state index in [1.807, 2.05) is 0 Å². The van der Waals surface area contributed by atoms with Crippen molar-refractivity contribution in [3.05, 3.63) is 47.3 Å². The molecule has 0 aliphatic heterocycles. The van der Waals surface area contributed by atoms with Gasteiger partial charge in [0.25, 0.3) is 0 Å². The smallest absolute Gasteiger partial charge is 0.384 e. The highest BCUT2D eigenvalue weighted by molar-refractivity contribution is 5.62. The molecule has 20 heavy (non-hydrogen) atoms. The van der Waals surface area contributed by atoms with Gasteiger partial charge in [-0.2, -0.15) is 13.2 Å². The second kappa shape index (κ2) is 4.99. The van der Waals surface area contributed by atoms with Crippen LogP contribution in [-0.4, -0.2) is 4.98 Å². The number of nitrogens with zero attached hydrogens (tertiary/aromatic N) is 1. The summed E-state index contributed by atoms with van der Waals surface area (Å²) in [7, 11) is 0. The van der Waals surface area contributed by atoms with Gasteiger partial charge in [-0.15, -0.1) is 0 Å². The molecule has 3 nitrogen and oxygen atoms in total. The van der Waals surface area contributed by atoms with Crippen molar-refractivity contribution in [1.29, 1.82) is 0 Å². The number of hydrogen-bond donors (Lipinski definition) is 2. The lowest BCUT2D eigenvalue weighted by Gasteiger charge is -2.12. The first kappa shape index (κ1) is 14.1. The zero-order chi connectivity index (χ0) is 14.9. The second-order valence-corrected chi connectivity index (χ2v) is 4.25. The van der Waals surface area contributed by atoms with E-state index in [0.717, 1.165) is 12.1 Å². The van der Waals surface area contributed by atoms with Crippen LogP contribution in [0.5, 0.6) is 0 Å². The summed E-state index contributed by atoms with van der Waals surface area (Å²) >= 11 is 0. The van der Waals surface area contributed by atoms with Crippen LogP contribution in [0.1, 0.15) is 11.1 Å². The molecule has 1 aromatic heterocycles.